The number of aliphatic hydroxyl groups excluding tert-OH is 2. The van der Waals surface area contributed by atoms with Gasteiger partial charge in [-0.2, -0.15) is 0 Å². The fourth-order valence-corrected chi connectivity index (χ4v) is 2.61. The number of hydrogen-bond donors (Lipinski definition) is 4. The van der Waals surface area contributed by atoms with Gasteiger partial charge in [0.15, 0.2) is 17.7 Å². The predicted molar refractivity (Wildman–Crippen MR) is 72.0 cm³/mol. The third-order valence-corrected chi connectivity index (χ3v) is 3.81. The summed E-state index contributed by atoms with van der Waals surface area (Å²) in [7, 11) is 0. The van der Waals surface area contributed by atoms with E-state index in [2.05, 4.69) is 15.0 Å². The van der Waals surface area contributed by atoms with Gasteiger partial charge in [0.05, 0.1) is 12.4 Å². The second kappa shape index (κ2) is 4.60. The van der Waals surface area contributed by atoms with Crippen molar-refractivity contribution >= 4 is 17.0 Å². The Morgan fingerprint density at radius 1 is 1.43 bits per heavy atom. The molecule has 5 atom stereocenters. The van der Waals surface area contributed by atoms with Gasteiger partial charge in [0.25, 0.3) is 0 Å². The number of nitrogens with zero attached hydrogens (tertiary/aromatic N) is 4. The molecule has 1 aliphatic rings. The fraction of sp³-hybridized carbons (Fsp3) is 0.583. The van der Waals surface area contributed by atoms with Crippen LogP contribution in [0.2, 0.25) is 0 Å². The van der Waals surface area contributed by atoms with E-state index in [0.717, 1.165) is 0 Å². The van der Waals surface area contributed by atoms with Gasteiger partial charge in [-0.05, 0) is 13.8 Å². The van der Waals surface area contributed by atoms with Crippen molar-refractivity contribution in [1.82, 2.24) is 19.5 Å². The van der Waals surface area contributed by atoms with Gasteiger partial charge in [-0.3, -0.25) is 4.57 Å². The smallest absolute Gasteiger partial charge is 0.168 e. The first-order chi connectivity index (χ1) is 9.84. The summed E-state index contributed by atoms with van der Waals surface area (Å²) in [6.45, 7) is 2.92. The topological polar surface area (TPSA) is 140 Å². The lowest BCUT2D eigenvalue weighted by Gasteiger charge is -2.27. The molecule has 9 nitrogen and oxygen atoms in total. The zero-order valence-corrected chi connectivity index (χ0v) is 11.6. The third kappa shape index (κ3) is 1.97. The van der Waals surface area contributed by atoms with E-state index in [1.807, 2.05) is 0 Å². The van der Waals surface area contributed by atoms with Gasteiger partial charge in [-0.1, -0.05) is 0 Å². The molecule has 0 radical (unpaired) electrons. The SMILES string of the molecule is C[C@@H](O)[C@H]1O[C@@H](n2cnc3c(N)ncnc32)[C@](C)(O)[C@@H]1O. The van der Waals surface area contributed by atoms with Gasteiger partial charge < -0.3 is 25.8 Å². The van der Waals surface area contributed by atoms with E-state index in [1.54, 1.807) is 0 Å². The first-order valence-electron chi connectivity index (χ1n) is 6.51. The van der Waals surface area contributed by atoms with Crippen molar-refractivity contribution in [3.05, 3.63) is 12.7 Å². The highest BCUT2D eigenvalue weighted by atomic mass is 16.6. The van der Waals surface area contributed by atoms with E-state index in [4.69, 9.17) is 10.5 Å². The summed E-state index contributed by atoms with van der Waals surface area (Å²) < 4.78 is 7.09. The Labute approximate surface area is 120 Å². The quantitative estimate of drug-likeness (QED) is 0.541. The van der Waals surface area contributed by atoms with Gasteiger partial charge in [0, 0.05) is 0 Å². The molecule has 1 aliphatic heterocycles. The summed E-state index contributed by atoms with van der Waals surface area (Å²) in [5.74, 6) is 0.212. The van der Waals surface area contributed by atoms with E-state index in [0.29, 0.717) is 11.2 Å². The number of rotatable bonds is 2. The maximum atomic E-state index is 10.5. The monoisotopic (exact) mass is 295 g/mol. The predicted octanol–water partition coefficient (Wildman–Crippen LogP) is -1.20. The van der Waals surface area contributed by atoms with Crippen LogP contribution in [-0.4, -0.2) is 58.8 Å². The van der Waals surface area contributed by atoms with E-state index >= 15 is 0 Å². The Bertz CT molecular complexity index is 671. The van der Waals surface area contributed by atoms with Gasteiger partial charge in [0.2, 0.25) is 0 Å². The molecular weight excluding hydrogens is 278 g/mol. The first-order valence-corrected chi connectivity index (χ1v) is 6.51. The summed E-state index contributed by atoms with van der Waals surface area (Å²) in [5, 5.41) is 30.4. The Hall–Kier alpha value is -1.81. The lowest BCUT2D eigenvalue weighted by atomic mass is 9.94. The summed E-state index contributed by atoms with van der Waals surface area (Å²) in [6, 6.07) is 0. The lowest BCUT2D eigenvalue weighted by molar-refractivity contribution is -0.0987. The van der Waals surface area contributed by atoms with Gasteiger partial charge in [-0.15, -0.1) is 0 Å². The molecule has 0 aromatic carbocycles. The Morgan fingerprint density at radius 2 is 2.14 bits per heavy atom. The number of anilines is 1. The first kappa shape index (κ1) is 14.1. The molecule has 1 fully saturated rings. The lowest BCUT2D eigenvalue weighted by Crippen LogP contribution is -2.45. The van der Waals surface area contributed by atoms with E-state index in [-0.39, 0.29) is 5.82 Å². The zero-order valence-electron chi connectivity index (χ0n) is 11.6. The number of hydrogen-bond acceptors (Lipinski definition) is 8. The van der Waals surface area contributed by atoms with Crippen LogP contribution in [0.5, 0.6) is 0 Å². The molecule has 0 amide bonds. The Balaban J connectivity index is 2.08. The molecule has 0 spiro atoms. The van der Waals surface area contributed by atoms with Crippen molar-refractivity contribution < 1.29 is 20.1 Å². The minimum absolute atomic E-state index is 0.212. The summed E-state index contributed by atoms with van der Waals surface area (Å²) in [5.41, 5.74) is 4.87. The van der Waals surface area contributed by atoms with Gasteiger partial charge in [0.1, 0.15) is 29.7 Å². The Morgan fingerprint density at radius 3 is 2.76 bits per heavy atom. The molecule has 3 heterocycles. The highest BCUT2D eigenvalue weighted by Crippen LogP contribution is 2.40. The van der Waals surface area contributed by atoms with E-state index in [9.17, 15) is 15.3 Å². The number of aliphatic hydroxyl groups is 3. The van der Waals surface area contributed by atoms with Crippen LogP contribution in [-0.2, 0) is 4.74 Å². The summed E-state index contributed by atoms with van der Waals surface area (Å²) in [4.78, 5) is 12.0. The van der Waals surface area contributed by atoms with Crippen molar-refractivity contribution in [2.45, 2.75) is 44.0 Å². The highest BCUT2D eigenvalue weighted by Gasteiger charge is 2.54. The van der Waals surface area contributed by atoms with Crippen LogP contribution in [0.4, 0.5) is 5.82 Å². The number of imidazole rings is 1. The average Bonchev–Trinajstić information content (AvgIpc) is 2.92. The van der Waals surface area contributed by atoms with Crippen LogP contribution < -0.4 is 5.73 Å². The second-order valence-electron chi connectivity index (χ2n) is 5.45. The van der Waals surface area contributed by atoms with Crippen molar-refractivity contribution in [3.63, 3.8) is 0 Å². The molecule has 1 saturated heterocycles. The van der Waals surface area contributed by atoms with Crippen molar-refractivity contribution in [3.8, 4) is 0 Å². The number of fused-ring (bicyclic) bond motifs is 1. The summed E-state index contributed by atoms with van der Waals surface area (Å²) in [6.07, 6.45) is -1.37. The van der Waals surface area contributed by atoms with Gasteiger partial charge >= 0.3 is 0 Å². The normalized spacial score (nSPS) is 34.4. The molecule has 114 valence electrons. The van der Waals surface area contributed by atoms with Crippen LogP contribution >= 0.6 is 0 Å². The van der Waals surface area contributed by atoms with Crippen LogP contribution in [0.15, 0.2) is 12.7 Å². The Kier molecular flexibility index (Phi) is 3.10. The molecule has 3 rings (SSSR count). The van der Waals surface area contributed by atoms with Crippen LogP contribution in [0.1, 0.15) is 20.1 Å². The maximum absolute atomic E-state index is 10.5. The van der Waals surface area contributed by atoms with Crippen molar-refractivity contribution in [1.29, 1.82) is 0 Å². The molecule has 0 unspecified atom stereocenters. The standard InChI is InChI=1S/C12H17N5O4/c1-5(18)7-8(19)12(2,20)11(21-7)17-4-16-6-9(13)14-3-15-10(6)17/h3-5,7-8,11,18-20H,1-2H3,(H2,13,14,15)/t5-,7-,8-,11-,12-/m1/s1. The number of aromatic nitrogens is 4. The van der Waals surface area contributed by atoms with E-state index in [1.165, 1.54) is 31.1 Å². The second-order valence-corrected chi connectivity index (χ2v) is 5.45. The number of nitrogens with two attached hydrogens (primary N) is 1. The molecule has 0 bridgehead atoms. The number of nitrogen functional groups attached to an aromatic ring is 1. The highest BCUT2D eigenvalue weighted by molar-refractivity contribution is 5.81. The summed E-state index contributed by atoms with van der Waals surface area (Å²) >= 11 is 0. The van der Waals surface area contributed by atoms with Crippen LogP contribution in [0.3, 0.4) is 0 Å². The average molecular weight is 295 g/mol. The third-order valence-electron chi connectivity index (χ3n) is 3.81. The largest absolute Gasteiger partial charge is 0.391 e. The molecule has 21 heavy (non-hydrogen) atoms. The fourth-order valence-electron chi connectivity index (χ4n) is 2.61. The molecule has 0 aliphatic carbocycles. The minimum Gasteiger partial charge on any atom is -0.391 e. The van der Waals surface area contributed by atoms with Crippen molar-refractivity contribution in [2.24, 2.45) is 0 Å². The van der Waals surface area contributed by atoms with E-state index < -0.39 is 30.1 Å². The molecular formula is C12H17N5O4. The molecule has 5 N–H and O–H groups in total. The minimum atomic E-state index is -1.62. The molecule has 9 heteroatoms. The maximum Gasteiger partial charge on any atom is 0.168 e. The van der Waals surface area contributed by atoms with Crippen molar-refractivity contribution in [2.75, 3.05) is 5.73 Å². The molecule has 2 aromatic heterocycles. The molecule has 2 aromatic rings. The number of ether oxygens (including phenoxy) is 1. The van der Waals surface area contributed by atoms with Crippen LogP contribution in [0, 0.1) is 0 Å². The zero-order chi connectivity index (χ0) is 15.4. The molecule has 0 saturated carbocycles. The van der Waals surface area contributed by atoms with Gasteiger partial charge in [-0.25, -0.2) is 15.0 Å². The van der Waals surface area contributed by atoms with Crippen LogP contribution in [0.25, 0.3) is 11.2 Å².